The molecule has 0 unspecified atom stereocenters. The first-order chi connectivity index (χ1) is 11.1. The minimum atomic E-state index is -3.42. The van der Waals surface area contributed by atoms with Crippen molar-refractivity contribution in [2.24, 2.45) is 0 Å². The Bertz CT molecular complexity index is 774. The molecule has 1 aromatic heterocycles. The molecular weight excluding hydrogens is 380 g/mol. The van der Waals surface area contributed by atoms with Gasteiger partial charge in [-0.25, -0.2) is 13.4 Å². The molecule has 122 valence electrons. The van der Waals surface area contributed by atoms with E-state index in [-0.39, 0.29) is 0 Å². The zero-order valence-electron chi connectivity index (χ0n) is 12.4. The maximum atomic E-state index is 12.6. The lowest BCUT2D eigenvalue weighted by Crippen LogP contribution is -2.46. The molecule has 1 aliphatic rings. The maximum Gasteiger partial charge on any atom is 0.243 e. The second kappa shape index (κ2) is 6.96. The van der Waals surface area contributed by atoms with Gasteiger partial charge in [0.1, 0.15) is 5.82 Å². The smallest absolute Gasteiger partial charge is 0.243 e. The van der Waals surface area contributed by atoms with E-state index in [0.717, 1.165) is 10.2 Å². The van der Waals surface area contributed by atoms with Crippen molar-refractivity contribution in [2.45, 2.75) is 4.90 Å². The summed E-state index contributed by atoms with van der Waals surface area (Å²) in [7, 11) is -3.42. The molecule has 0 bridgehead atoms. The van der Waals surface area contributed by atoms with Gasteiger partial charge in [-0.15, -0.1) is 0 Å². The Morgan fingerprint density at radius 2 is 1.83 bits per heavy atom. The van der Waals surface area contributed by atoms with Crippen LogP contribution in [0.2, 0.25) is 0 Å². The van der Waals surface area contributed by atoms with Crippen molar-refractivity contribution in [3.05, 3.63) is 47.1 Å². The Hall–Kier alpha value is -1.48. The van der Waals surface area contributed by atoms with Crippen molar-refractivity contribution in [1.29, 1.82) is 0 Å². The number of aromatic nitrogens is 1. The third-order valence-corrected chi connectivity index (χ3v) is 5.97. The van der Waals surface area contributed by atoms with Gasteiger partial charge in [0, 0.05) is 42.5 Å². The monoisotopic (exact) mass is 396 g/mol. The third kappa shape index (κ3) is 3.89. The lowest BCUT2D eigenvalue weighted by molar-refractivity contribution is 0.360. The minimum absolute atomic E-state index is 0.312. The number of halogens is 1. The zero-order chi connectivity index (χ0) is 16.3. The summed E-state index contributed by atoms with van der Waals surface area (Å²) in [6.07, 6.45) is 1.69. The molecule has 6 nitrogen and oxygen atoms in total. The SMILES string of the molecule is O=S(=O)(c1ccc(Nc2cc(Br)ccn2)cc1)N1CCNCC1. The number of benzene rings is 1. The molecule has 2 aromatic rings. The molecule has 1 aliphatic heterocycles. The summed E-state index contributed by atoms with van der Waals surface area (Å²) in [5.74, 6) is 0.692. The fourth-order valence-corrected chi connectivity index (χ4v) is 4.14. The summed E-state index contributed by atoms with van der Waals surface area (Å²) >= 11 is 3.39. The summed E-state index contributed by atoms with van der Waals surface area (Å²) in [6, 6.07) is 10.4. The first-order valence-corrected chi connectivity index (χ1v) is 9.48. The van der Waals surface area contributed by atoms with Crippen LogP contribution < -0.4 is 10.6 Å². The van der Waals surface area contributed by atoms with Crippen LogP contribution in [0.3, 0.4) is 0 Å². The van der Waals surface area contributed by atoms with Crippen molar-refractivity contribution in [3.8, 4) is 0 Å². The molecule has 0 amide bonds. The van der Waals surface area contributed by atoms with E-state index in [9.17, 15) is 8.42 Å². The minimum Gasteiger partial charge on any atom is -0.340 e. The standard InChI is InChI=1S/C15H17BrN4O2S/c16-12-5-6-18-15(11-12)19-13-1-3-14(4-2-13)23(21,22)20-9-7-17-8-10-20/h1-6,11,17H,7-10H2,(H,18,19). The van der Waals surface area contributed by atoms with Crippen LogP contribution in [0.4, 0.5) is 11.5 Å². The lowest BCUT2D eigenvalue weighted by atomic mass is 10.3. The van der Waals surface area contributed by atoms with Crippen LogP contribution in [0, 0.1) is 0 Å². The van der Waals surface area contributed by atoms with Crippen LogP contribution in [0.25, 0.3) is 0 Å². The average molecular weight is 397 g/mol. The van der Waals surface area contributed by atoms with Crippen molar-refractivity contribution in [2.75, 3.05) is 31.5 Å². The molecule has 0 saturated carbocycles. The van der Waals surface area contributed by atoms with E-state index in [1.165, 1.54) is 4.31 Å². The van der Waals surface area contributed by atoms with E-state index < -0.39 is 10.0 Å². The van der Waals surface area contributed by atoms with Gasteiger partial charge in [0.2, 0.25) is 10.0 Å². The Balaban J connectivity index is 1.76. The predicted octanol–water partition coefficient (Wildman–Crippen LogP) is 2.18. The second-order valence-corrected chi connectivity index (χ2v) is 8.02. The molecule has 0 atom stereocenters. The van der Waals surface area contributed by atoms with Crippen molar-refractivity contribution >= 4 is 37.5 Å². The fourth-order valence-electron chi connectivity index (χ4n) is 2.36. The molecule has 3 rings (SSSR count). The normalized spacial score (nSPS) is 16.2. The van der Waals surface area contributed by atoms with Gasteiger partial charge in [0.25, 0.3) is 0 Å². The quantitative estimate of drug-likeness (QED) is 0.828. The first-order valence-electron chi connectivity index (χ1n) is 7.25. The number of sulfonamides is 1. The highest BCUT2D eigenvalue weighted by molar-refractivity contribution is 9.10. The number of piperazine rings is 1. The Kier molecular flexibility index (Phi) is 4.96. The molecule has 1 aromatic carbocycles. The van der Waals surface area contributed by atoms with Gasteiger partial charge >= 0.3 is 0 Å². The summed E-state index contributed by atoms with van der Waals surface area (Å²) < 4.78 is 27.6. The predicted molar refractivity (Wildman–Crippen MR) is 93.3 cm³/mol. The zero-order valence-corrected chi connectivity index (χ0v) is 14.8. The van der Waals surface area contributed by atoms with Gasteiger partial charge in [-0.2, -0.15) is 4.31 Å². The van der Waals surface area contributed by atoms with Gasteiger partial charge < -0.3 is 10.6 Å². The molecule has 1 saturated heterocycles. The highest BCUT2D eigenvalue weighted by atomic mass is 79.9. The number of nitrogens with zero attached hydrogens (tertiary/aromatic N) is 2. The molecule has 2 heterocycles. The topological polar surface area (TPSA) is 74.3 Å². The molecule has 23 heavy (non-hydrogen) atoms. The first kappa shape index (κ1) is 16.4. The van der Waals surface area contributed by atoms with Gasteiger partial charge in [-0.1, -0.05) is 15.9 Å². The van der Waals surface area contributed by atoms with Gasteiger partial charge in [-0.05, 0) is 36.4 Å². The molecule has 0 spiro atoms. The Morgan fingerprint density at radius 3 is 2.48 bits per heavy atom. The third-order valence-electron chi connectivity index (χ3n) is 3.56. The average Bonchev–Trinajstić information content (AvgIpc) is 2.56. The van der Waals surface area contributed by atoms with E-state index >= 15 is 0 Å². The number of hydrogen-bond acceptors (Lipinski definition) is 5. The molecule has 1 fully saturated rings. The van der Waals surface area contributed by atoms with E-state index in [2.05, 4.69) is 31.5 Å². The highest BCUT2D eigenvalue weighted by Crippen LogP contribution is 2.22. The number of pyridine rings is 1. The lowest BCUT2D eigenvalue weighted by Gasteiger charge is -2.26. The Labute approximate surface area is 144 Å². The van der Waals surface area contributed by atoms with Crippen LogP contribution in [-0.2, 0) is 10.0 Å². The summed E-state index contributed by atoms with van der Waals surface area (Å²) in [6.45, 7) is 2.38. The molecule has 0 radical (unpaired) electrons. The molecule has 2 N–H and O–H groups in total. The molecular formula is C15H17BrN4O2S. The van der Waals surface area contributed by atoms with E-state index in [1.807, 2.05) is 12.1 Å². The van der Waals surface area contributed by atoms with Crippen LogP contribution in [0.5, 0.6) is 0 Å². The summed E-state index contributed by atoms with van der Waals surface area (Å²) in [5, 5.41) is 6.30. The van der Waals surface area contributed by atoms with Crippen LogP contribution >= 0.6 is 15.9 Å². The second-order valence-electron chi connectivity index (χ2n) is 5.16. The van der Waals surface area contributed by atoms with Crippen molar-refractivity contribution in [1.82, 2.24) is 14.6 Å². The van der Waals surface area contributed by atoms with Crippen LogP contribution in [-0.4, -0.2) is 43.9 Å². The fraction of sp³-hybridized carbons (Fsp3) is 0.267. The van der Waals surface area contributed by atoms with Gasteiger partial charge in [0.15, 0.2) is 0 Å². The van der Waals surface area contributed by atoms with Gasteiger partial charge in [0.05, 0.1) is 4.90 Å². The van der Waals surface area contributed by atoms with Crippen LogP contribution in [0.15, 0.2) is 52.0 Å². The van der Waals surface area contributed by atoms with Crippen molar-refractivity contribution < 1.29 is 8.42 Å². The highest BCUT2D eigenvalue weighted by Gasteiger charge is 2.25. The Morgan fingerprint density at radius 1 is 1.13 bits per heavy atom. The molecule has 0 aliphatic carbocycles. The van der Waals surface area contributed by atoms with Gasteiger partial charge in [-0.3, -0.25) is 0 Å². The number of hydrogen-bond donors (Lipinski definition) is 2. The van der Waals surface area contributed by atoms with E-state index in [0.29, 0.717) is 36.9 Å². The summed E-state index contributed by atoms with van der Waals surface area (Å²) in [4.78, 5) is 4.52. The van der Waals surface area contributed by atoms with E-state index in [1.54, 1.807) is 30.5 Å². The van der Waals surface area contributed by atoms with E-state index in [4.69, 9.17) is 0 Å². The van der Waals surface area contributed by atoms with Crippen molar-refractivity contribution in [3.63, 3.8) is 0 Å². The summed E-state index contributed by atoms with van der Waals surface area (Å²) in [5.41, 5.74) is 0.787. The number of rotatable bonds is 4. The maximum absolute atomic E-state index is 12.6. The molecule has 8 heteroatoms. The van der Waals surface area contributed by atoms with Crippen LogP contribution in [0.1, 0.15) is 0 Å². The largest absolute Gasteiger partial charge is 0.340 e. The number of anilines is 2. The number of nitrogens with one attached hydrogen (secondary N) is 2.